The van der Waals surface area contributed by atoms with Crippen LogP contribution in [0.5, 0.6) is 0 Å². The first-order valence-electron chi connectivity index (χ1n) is 6.95. The Morgan fingerprint density at radius 2 is 1.89 bits per heavy atom. The summed E-state index contributed by atoms with van der Waals surface area (Å²) in [7, 11) is 0. The quantitative estimate of drug-likeness (QED) is 0.865. The van der Waals surface area contributed by atoms with Crippen LogP contribution in [0.3, 0.4) is 0 Å². The summed E-state index contributed by atoms with van der Waals surface area (Å²) in [5, 5.41) is 0. The molecule has 3 N–H and O–H groups in total. The van der Waals surface area contributed by atoms with Gasteiger partial charge in [-0.2, -0.15) is 0 Å². The standard InChI is InChI=1S/C16H23N3/c1-11(2)10-13-4-6-14(7-5-13)16-12(3)18-15(19-16)8-9-17/h4-7,11H,8-10,17H2,1-3H3,(H,18,19). The Morgan fingerprint density at radius 1 is 1.21 bits per heavy atom. The van der Waals surface area contributed by atoms with E-state index in [0.717, 1.165) is 30.1 Å². The normalized spacial score (nSPS) is 11.2. The maximum atomic E-state index is 5.56. The minimum Gasteiger partial charge on any atom is -0.346 e. The molecule has 0 aliphatic heterocycles. The summed E-state index contributed by atoms with van der Waals surface area (Å²) in [5.74, 6) is 1.66. The molecule has 0 atom stereocenters. The van der Waals surface area contributed by atoms with Gasteiger partial charge in [0.05, 0.1) is 5.69 Å². The van der Waals surface area contributed by atoms with Crippen LogP contribution in [-0.4, -0.2) is 16.5 Å². The van der Waals surface area contributed by atoms with E-state index in [-0.39, 0.29) is 0 Å². The zero-order valence-electron chi connectivity index (χ0n) is 12.0. The fourth-order valence-corrected chi connectivity index (χ4v) is 2.33. The lowest BCUT2D eigenvalue weighted by atomic mass is 10.0. The van der Waals surface area contributed by atoms with E-state index in [9.17, 15) is 0 Å². The molecule has 3 heteroatoms. The Morgan fingerprint density at radius 3 is 2.47 bits per heavy atom. The van der Waals surface area contributed by atoms with Gasteiger partial charge < -0.3 is 10.7 Å². The van der Waals surface area contributed by atoms with Gasteiger partial charge in [0.25, 0.3) is 0 Å². The molecule has 0 saturated carbocycles. The average Bonchev–Trinajstić information content (AvgIpc) is 2.71. The van der Waals surface area contributed by atoms with Crippen LogP contribution < -0.4 is 5.73 Å². The van der Waals surface area contributed by atoms with Crippen molar-refractivity contribution < 1.29 is 0 Å². The molecule has 0 amide bonds. The highest BCUT2D eigenvalue weighted by Crippen LogP contribution is 2.22. The van der Waals surface area contributed by atoms with E-state index in [0.29, 0.717) is 12.5 Å². The van der Waals surface area contributed by atoms with Gasteiger partial charge in [0.2, 0.25) is 0 Å². The highest BCUT2D eigenvalue weighted by Gasteiger charge is 2.08. The third-order valence-electron chi connectivity index (χ3n) is 3.19. The largest absolute Gasteiger partial charge is 0.346 e. The van der Waals surface area contributed by atoms with Crippen LogP contribution in [0.2, 0.25) is 0 Å². The van der Waals surface area contributed by atoms with Gasteiger partial charge in [-0.05, 0) is 31.4 Å². The zero-order valence-corrected chi connectivity index (χ0v) is 12.0. The monoisotopic (exact) mass is 257 g/mol. The molecule has 3 nitrogen and oxygen atoms in total. The number of benzene rings is 1. The molecule has 2 aromatic rings. The second kappa shape index (κ2) is 6.02. The Bertz CT molecular complexity index is 523. The van der Waals surface area contributed by atoms with Crippen LogP contribution in [0.25, 0.3) is 11.3 Å². The minimum absolute atomic E-state index is 0.625. The first-order chi connectivity index (χ1) is 9.10. The highest BCUT2D eigenvalue weighted by atomic mass is 14.9. The van der Waals surface area contributed by atoms with Crippen molar-refractivity contribution in [3.05, 3.63) is 41.3 Å². The Labute approximate surface area is 115 Å². The second-order valence-electron chi connectivity index (χ2n) is 5.49. The third-order valence-corrected chi connectivity index (χ3v) is 3.19. The van der Waals surface area contributed by atoms with E-state index in [1.165, 1.54) is 11.1 Å². The van der Waals surface area contributed by atoms with Crippen LogP contribution in [0.1, 0.15) is 30.9 Å². The molecule has 0 unspecified atom stereocenters. The van der Waals surface area contributed by atoms with Gasteiger partial charge in [-0.1, -0.05) is 38.1 Å². The number of hydrogen-bond donors (Lipinski definition) is 2. The van der Waals surface area contributed by atoms with E-state index in [1.54, 1.807) is 0 Å². The zero-order chi connectivity index (χ0) is 13.8. The third kappa shape index (κ3) is 3.44. The number of nitrogens with two attached hydrogens (primary N) is 1. The van der Waals surface area contributed by atoms with Crippen molar-refractivity contribution in [3.8, 4) is 11.3 Å². The summed E-state index contributed by atoms with van der Waals surface area (Å²) >= 11 is 0. The van der Waals surface area contributed by atoms with Crippen LogP contribution in [-0.2, 0) is 12.8 Å². The van der Waals surface area contributed by atoms with Gasteiger partial charge in [-0.3, -0.25) is 0 Å². The molecule has 0 bridgehead atoms. The number of aromatic nitrogens is 2. The van der Waals surface area contributed by atoms with Crippen LogP contribution in [0, 0.1) is 12.8 Å². The molecule has 0 spiro atoms. The number of imidazole rings is 1. The van der Waals surface area contributed by atoms with E-state index >= 15 is 0 Å². The maximum Gasteiger partial charge on any atom is 0.108 e. The maximum absolute atomic E-state index is 5.56. The van der Waals surface area contributed by atoms with E-state index in [1.807, 2.05) is 0 Å². The fourth-order valence-electron chi connectivity index (χ4n) is 2.33. The molecule has 2 rings (SSSR count). The average molecular weight is 257 g/mol. The number of rotatable bonds is 5. The number of nitrogens with zero attached hydrogens (tertiary/aromatic N) is 1. The van der Waals surface area contributed by atoms with Crippen molar-refractivity contribution in [2.75, 3.05) is 6.54 Å². The van der Waals surface area contributed by atoms with Gasteiger partial charge in [0.15, 0.2) is 0 Å². The number of hydrogen-bond acceptors (Lipinski definition) is 2. The van der Waals surface area contributed by atoms with Gasteiger partial charge >= 0.3 is 0 Å². The molecule has 0 aliphatic carbocycles. The summed E-state index contributed by atoms with van der Waals surface area (Å²) in [4.78, 5) is 7.92. The van der Waals surface area contributed by atoms with Crippen molar-refractivity contribution in [2.45, 2.75) is 33.6 Å². The molecule has 1 aromatic heterocycles. The molecule has 19 heavy (non-hydrogen) atoms. The lowest BCUT2D eigenvalue weighted by Gasteiger charge is -2.05. The second-order valence-corrected chi connectivity index (χ2v) is 5.49. The van der Waals surface area contributed by atoms with Crippen molar-refractivity contribution in [1.82, 2.24) is 9.97 Å². The van der Waals surface area contributed by atoms with Crippen molar-refractivity contribution >= 4 is 0 Å². The predicted molar refractivity (Wildman–Crippen MR) is 80.1 cm³/mol. The van der Waals surface area contributed by atoms with Crippen LogP contribution in [0.4, 0.5) is 0 Å². The number of aromatic amines is 1. The minimum atomic E-state index is 0.625. The van der Waals surface area contributed by atoms with E-state index in [2.05, 4.69) is 55.0 Å². The Hall–Kier alpha value is -1.61. The van der Waals surface area contributed by atoms with Crippen molar-refractivity contribution in [2.24, 2.45) is 11.7 Å². The topological polar surface area (TPSA) is 54.7 Å². The lowest BCUT2D eigenvalue weighted by Crippen LogP contribution is -2.03. The van der Waals surface area contributed by atoms with Crippen molar-refractivity contribution in [1.29, 1.82) is 0 Å². The molecular formula is C16H23N3. The van der Waals surface area contributed by atoms with Gasteiger partial charge in [0.1, 0.15) is 5.82 Å². The van der Waals surface area contributed by atoms with Gasteiger partial charge in [-0.25, -0.2) is 4.98 Å². The summed E-state index contributed by atoms with van der Waals surface area (Å²) in [5.41, 5.74) is 10.3. The fraction of sp³-hybridized carbons (Fsp3) is 0.438. The molecule has 1 heterocycles. The first kappa shape index (κ1) is 13.8. The lowest BCUT2D eigenvalue weighted by molar-refractivity contribution is 0.647. The number of H-pyrrole nitrogens is 1. The van der Waals surface area contributed by atoms with E-state index in [4.69, 9.17) is 5.73 Å². The molecule has 0 aliphatic rings. The molecule has 0 fully saturated rings. The Balaban J connectivity index is 2.21. The summed E-state index contributed by atoms with van der Waals surface area (Å²) in [6.07, 6.45) is 1.92. The van der Waals surface area contributed by atoms with Crippen LogP contribution >= 0.6 is 0 Å². The molecule has 0 saturated heterocycles. The van der Waals surface area contributed by atoms with Gasteiger partial charge in [-0.15, -0.1) is 0 Å². The van der Waals surface area contributed by atoms with Crippen LogP contribution in [0.15, 0.2) is 24.3 Å². The number of aryl methyl sites for hydroxylation is 1. The summed E-state index contributed by atoms with van der Waals surface area (Å²) in [6, 6.07) is 8.72. The smallest absolute Gasteiger partial charge is 0.108 e. The summed E-state index contributed by atoms with van der Waals surface area (Å²) in [6.45, 7) is 7.17. The molecular weight excluding hydrogens is 234 g/mol. The predicted octanol–water partition coefficient (Wildman–Crippen LogP) is 3.08. The molecule has 1 aromatic carbocycles. The summed E-state index contributed by atoms with van der Waals surface area (Å²) < 4.78 is 0. The molecule has 102 valence electrons. The number of nitrogens with one attached hydrogen (secondary N) is 1. The SMILES string of the molecule is Cc1[nH]c(CCN)nc1-c1ccc(CC(C)C)cc1. The van der Waals surface area contributed by atoms with E-state index < -0.39 is 0 Å². The molecule has 0 radical (unpaired) electrons. The Kier molecular flexibility index (Phi) is 4.38. The van der Waals surface area contributed by atoms with Crippen molar-refractivity contribution in [3.63, 3.8) is 0 Å². The van der Waals surface area contributed by atoms with Gasteiger partial charge in [0, 0.05) is 17.7 Å². The highest BCUT2D eigenvalue weighted by molar-refractivity contribution is 5.62. The first-order valence-corrected chi connectivity index (χ1v) is 6.95.